The summed E-state index contributed by atoms with van der Waals surface area (Å²) in [5.74, 6) is -0.148. The van der Waals surface area contributed by atoms with E-state index in [4.69, 9.17) is 23.2 Å². The van der Waals surface area contributed by atoms with E-state index in [2.05, 4.69) is 19.4 Å². The zero-order chi connectivity index (χ0) is 13.4. The van der Waals surface area contributed by atoms with E-state index in [9.17, 15) is 4.79 Å². The molecule has 1 aromatic heterocycles. The van der Waals surface area contributed by atoms with Crippen molar-refractivity contribution < 1.29 is 4.79 Å². The maximum Gasteiger partial charge on any atom is 0.238 e. The summed E-state index contributed by atoms with van der Waals surface area (Å²) in [5.41, 5.74) is 1.56. The fourth-order valence-corrected chi connectivity index (χ4v) is 2.86. The molecule has 5 nitrogen and oxygen atoms in total. The van der Waals surface area contributed by atoms with Crippen molar-refractivity contribution in [2.45, 2.75) is 18.9 Å². The second-order valence-electron chi connectivity index (χ2n) is 4.38. The second kappa shape index (κ2) is 5.20. The summed E-state index contributed by atoms with van der Waals surface area (Å²) in [5, 5.41) is 6.70. The van der Waals surface area contributed by atoms with Crippen molar-refractivity contribution in [1.29, 1.82) is 0 Å². The Bertz CT molecular complexity index is 641. The molecule has 0 aliphatic heterocycles. The van der Waals surface area contributed by atoms with Crippen LogP contribution in [0.4, 0.5) is 5.69 Å². The first-order chi connectivity index (χ1) is 9.15. The average molecular weight is 317 g/mol. The second-order valence-corrected chi connectivity index (χ2v) is 5.72. The number of anilines is 1. The highest BCUT2D eigenvalue weighted by molar-refractivity contribution is 7.00. The third-order valence-electron chi connectivity index (χ3n) is 2.84. The molecule has 8 heteroatoms. The summed E-state index contributed by atoms with van der Waals surface area (Å²) in [4.78, 5) is 11.8. The lowest BCUT2D eigenvalue weighted by Gasteiger charge is -2.08. The van der Waals surface area contributed by atoms with Crippen LogP contribution in [-0.2, 0) is 4.79 Å². The number of hydrogen-bond donors (Lipinski definition) is 2. The van der Waals surface area contributed by atoms with E-state index in [0.29, 0.717) is 32.8 Å². The number of hydrogen-bond acceptors (Lipinski definition) is 5. The summed E-state index contributed by atoms with van der Waals surface area (Å²) in [6.07, 6.45) is 2.27. The Labute approximate surface area is 123 Å². The third-order valence-corrected chi connectivity index (χ3v) is 3.95. The molecular weight excluding hydrogens is 307 g/mol. The Morgan fingerprint density at radius 3 is 2.79 bits per heavy atom. The van der Waals surface area contributed by atoms with Crippen LogP contribution >= 0.6 is 34.9 Å². The van der Waals surface area contributed by atoms with Gasteiger partial charge in [0.05, 0.1) is 34.0 Å². The standard InChI is InChI=1S/C11H10Cl2N4OS/c12-6-3-7(13)10-11(17-19-16-10)9(6)15-8(18)4-14-5-1-2-5/h3,5,14H,1-2,4H2,(H,15,18). The van der Waals surface area contributed by atoms with Crippen molar-refractivity contribution in [1.82, 2.24) is 14.1 Å². The fraction of sp³-hybridized carbons (Fsp3) is 0.364. The first-order valence-corrected chi connectivity index (χ1v) is 7.27. The minimum absolute atomic E-state index is 0.148. The molecule has 2 N–H and O–H groups in total. The van der Waals surface area contributed by atoms with Crippen LogP contribution in [0.5, 0.6) is 0 Å². The van der Waals surface area contributed by atoms with Crippen LogP contribution < -0.4 is 10.6 Å². The number of nitrogens with one attached hydrogen (secondary N) is 2. The number of carbonyl (C=O) groups is 1. The molecule has 1 fully saturated rings. The summed E-state index contributed by atoms with van der Waals surface area (Å²) < 4.78 is 8.21. The van der Waals surface area contributed by atoms with Crippen LogP contribution in [0.3, 0.4) is 0 Å². The molecule has 2 aromatic rings. The SMILES string of the molecule is O=C(CNC1CC1)Nc1c(Cl)cc(Cl)c2nsnc12. The van der Waals surface area contributed by atoms with Crippen molar-refractivity contribution in [2.75, 3.05) is 11.9 Å². The van der Waals surface area contributed by atoms with Gasteiger partial charge in [0, 0.05) is 6.04 Å². The zero-order valence-electron chi connectivity index (χ0n) is 9.74. The Hall–Kier alpha value is -0.950. The topological polar surface area (TPSA) is 66.9 Å². The molecule has 1 aromatic carbocycles. The maximum atomic E-state index is 11.8. The first kappa shape index (κ1) is 13.1. The number of halogens is 2. The van der Waals surface area contributed by atoms with Gasteiger partial charge in [0.1, 0.15) is 11.0 Å². The van der Waals surface area contributed by atoms with Crippen molar-refractivity contribution in [3.63, 3.8) is 0 Å². The number of aromatic nitrogens is 2. The monoisotopic (exact) mass is 316 g/mol. The van der Waals surface area contributed by atoms with Gasteiger partial charge in [-0.25, -0.2) is 0 Å². The molecule has 0 atom stereocenters. The van der Waals surface area contributed by atoms with E-state index >= 15 is 0 Å². The van der Waals surface area contributed by atoms with Crippen molar-refractivity contribution >= 4 is 57.6 Å². The van der Waals surface area contributed by atoms with Gasteiger partial charge in [-0.3, -0.25) is 4.79 Å². The van der Waals surface area contributed by atoms with Crippen molar-refractivity contribution in [3.05, 3.63) is 16.1 Å². The van der Waals surface area contributed by atoms with E-state index in [1.165, 1.54) is 0 Å². The van der Waals surface area contributed by atoms with Crippen LogP contribution in [-0.4, -0.2) is 27.2 Å². The van der Waals surface area contributed by atoms with Gasteiger partial charge in [0.2, 0.25) is 5.91 Å². The number of benzene rings is 1. The van der Waals surface area contributed by atoms with Crippen LogP contribution in [0.1, 0.15) is 12.8 Å². The van der Waals surface area contributed by atoms with Gasteiger partial charge >= 0.3 is 0 Å². The fourth-order valence-electron chi connectivity index (χ4n) is 1.70. The van der Waals surface area contributed by atoms with Crippen LogP contribution in [0.15, 0.2) is 6.07 Å². The molecular formula is C11H10Cl2N4OS. The number of fused-ring (bicyclic) bond motifs is 1. The van der Waals surface area contributed by atoms with E-state index in [1.807, 2.05) is 0 Å². The average Bonchev–Trinajstić information content (AvgIpc) is 3.07. The van der Waals surface area contributed by atoms with Gasteiger partial charge in [-0.2, -0.15) is 8.75 Å². The Balaban J connectivity index is 1.82. The van der Waals surface area contributed by atoms with Gasteiger partial charge < -0.3 is 10.6 Å². The smallest absolute Gasteiger partial charge is 0.238 e. The molecule has 0 radical (unpaired) electrons. The van der Waals surface area contributed by atoms with E-state index in [1.54, 1.807) is 6.07 Å². The Morgan fingerprint density at radius 2 is 2.05 bits per heavy atom. The predicted molar refractivity (Wildman–Crippen MR) is 77.1 cm³/mol. The van der Waals surface area contributed by atoms with Gasteiger partial charge in [0.15, 0.2) is 0 Å². The lowest BCUT2D eigenvalue weighted by Crippen LogP contribution is -2.29. The number of amides is 1. The summed E-state index contributed by atoms with van der Waals surface area (Å²) in [7, 11) is 0. The Morgan fingerprint density at radius 1 is 1.32 bits per heavy atom. The normalized spacial score (nSPS) is 14.8. The largest absolute Gasteiger partial charge is 0.322 e. The van der Waals surface area contributed by atoms with Crippen LogP contribution in [0, 0.1) is 0 Å². The quantitative estimate of drug-likeness (QED) is 0.910. The molecule has 0 saturated heterocycles. The highest BCUT2D eigenvalue weighted by Crippen LogP contribution is 2.35. The van der Waals surface area contributed by atoms with Crippen molar-refractivity contribution in [3.8, 4) is 0 Å². The highest BCUT2D eigenvalue weighted by Gasteiger charge is 2.22. The summed E-state index contributed by atoms with van der Waals surface area (Å²) in [6.45, 7) is 0.267. The molecule has 0 unspecified atom stereocenters. The lowest BCUT2D eigenvalue weighted by molar-refractivity contribution is -0.115. The Kier molecular flexibility index (Phi) is 3.58. The molecule has 0 bridgehead atoms. The lowest BCUT2D eigenvalue weighted by atomic mass is 10.2. The molecule has 1 amide bonds. The number of rotatable bonds is 4. The minimum Gasteiger partial charge on any atom is -0.322 e. The van der Waals surface area contributed by atoms with E-state index in [-0.39, 0.29) is 12.5 Å². The van der Waals surface area contributed by atoms with E-state index < -0.39 is 0 Å². The zero-order valence-corrected chi connectivity index (χ0v) is 12.1. The van der Waals surface area contributed by atoms with Crippen LogP contribution in [0.25, 0.3) is 11.0 Å². The molecule has 1 heterocycles. The molecule has 1 saturated carbocycles. The molecule has 1 aliphatic rings. The number of nitrogens with zero attached hydrogens (tertiary/aromatic N) is 2. The highest BCUT2D eigenvalue weighted by atomic mass is 35.5. The molecule has 1 aliphatic carbocycles. The first-order valence-electron chi connectivity index (χ1n) is 5.78. The van der Waals surface area contributed by atoms with Crippen molar-refractivity contribution in [2.24, 2.45) is 0 Å². The minimum atomic E-state index is -0.148. The summed E-state index contributed by atoms with van der Waals surface area (Å²) in [6, 6.07) is 2.05. The maximum absolute atomic E-state index is 11.8. The third kappa shape index (κ3) is 2.81. The van der Waals surface area contributed by atoms with Gasteiger partial charge in [-0.15, -0.1) is 0 Å². The molecule has 0 spiro atoms. The molecule has 100 valence electrons. The number of carbonyl (C=O) groups excluding carboxylic acids is 1. The predicted octanol–water partition coefficient (Wildman–Crippen LogP) is 2.69. The van der Waals surface area contributed by atoms with Crippen LogP contribution in [0.2, 0.25) is 10.0 Å². The van der Waals surface area contributed by atoms with Gasteiger partial charge in [-0.1, -0.05) is 23.2 Å². The summed E-state index contributed by atoms with van der Waals surface area (Å²) >= 11 is 13.2. The van der Waals surface area contributed by atoms with E-state index in [0.717, 1.165) is 24.6 Å². The molecule has 19 heavy (non-hydrogen) atoms. The van der Waals surface area contributed by atoms with Gasteiger partial charge in [-0.05, 0) is 18.9 Å². The van der Waals surface area contributed by atoms with Gasteiger partial charge in [0.25, 0.3) is 0 Å². The molecule has 3 rings (SSSR count).